The number of nitroso groups, excluding NO2 is 1. The Balaban J connectivity index is 2.11. The lowest BCUT2D eigenvalue weighted by Crippen LogP contribution is -2.13. The summed E-state index contributed by atoms with van der Waals surface area (Å²) in [6.07, 6.45) is 3.67. The Morgan fingerprint density at radius 1 is 1.15 bits per heavy atom. The van der Waals surface area contributed by atoms with E-state index >= 15 is 0 Å². The zero-order chi connectivity index (χ0) is 14.2. The summed E-state index contributed by atoms with van der Waals surface area (Å²) in [5.74, 6) is 0.262. The van der Waals surface area contributed by atoms with Crippen LogP contribution in [-0.4, -0.2) is 23.6 Å². The molecular formula is C16H19N3O. The van der Waals surface area contributed by atoms with Crippen LogP contribution in [0.2, 0.25) is 0 Å². The van der Waals surface area contributed by atoms with Crippen LogP contribution < -0.4 is 0 Å². The number of nitrogens with zero attached hydrogens (tertiary/aromatic N) is 3. The number of rotatable bonds is 7. The lowest BCUT2D eigenvalue weighted by molar-refractivity contribution is 0.336. The van der Waals surface area contributed by atoms with Gasteiger partial charge in [-0.05, 0) is 30.5 Å². The average Bonchev–Trinajstić information content (AvgIpc) is 2.53. The molecule has 1 atom stereocenters. The van der Waals surface area contributed by atoms with Gasteiger partial charge in [0, 0.05) is 31.4 Å². The highest BCUT2D eigenvalue weighted by Gasteiger charge is 2.15. The predicted octanol–water partition coefficient (Wildman–Crippen LogP) is 3.61. The first-order valence-electron chi connectivity index (χ1n) is 6.81. The lowest BCUT2D eigenvalue weighted by atomic mass is 9.91. The standard InChI is InChI=1S/C16H19N3O/c1-19(18-20)13-7-10-15(14-8-3-2-4-9-14)16-11-5-6-12-17-16/h2-6,8-9,11-12,15H,7,10,13H2,1H3. The number of pyridine rings is 1. The van der Waals surface area contributed by atoms with E-state index in [1.54, 1.807) is 7.05 Å². The van der Waals surface area contributed by atoms with Gasteiger partial charge in [-0.25, -0.2) is 0 Å². The van der Waals surface area contributed by atoms with E-state index in [9.17, 15) is 4.91 Å². The summed E-state index contributed by atoms with van der Waals surface area (Å²) in [6, 6.07) is 16.4. The SMILES string of the molecule is CN(CCCC(c1ccccc1)c1ccccn1)N=O. The van der Waals surface area contributed by atoms with E-state index in [4.69, 9.17) is 0 Å². The second-order valence-electron chi connectivity index (χ2n) is 4.82. The Labute approximate surface area is 119 Å². The fourth-order valence-electron chi connectivity index (χ4n) is 2.32. The molecule has 0 fully saturated rings. The monoisotopic (exact) mass is 269 g/mol. The molecule has 0 aliphatic heterocycles. The Morgan fingerprint density at radius 3 is 2.55 bits per heavy atom. The van der Waals surface area contributed by atoms with Crippen molar-refractivity contribution in [2.75, 3.05) is 13.6 Å². The summed E-state index contributed by atoms with van der Waals surface area (Å²) >= 11 is 0. The van der Waals surface area contributed by atoms with Gasteiger partial charge in [-0.15, -0.1) is 4.91 Å². The molecule has 0 amide bonds. The summed E-state index contributed by atoms with van der Waals surface area (Å²) in [6.45, 7) is 0.666. The van der Waals surface area contributed by atoms with Crippen molar-refractivity contribution < 1.29 is 0 Å². The second-order valence-corrected chi connectivity index (χ2v) is 4.82. The largest absolute Gasteiger partial charge is 0.264 e. The quantitative estimate of drug-likeness (QED) is 0.570. The first-order chi connectivity index (χ1) is 9.81. The van der Waals surface area contributed by atoms with Gasteiger partial charge < -0.3 is 0 Å². The Kier molecular flexibility index (Phi) is 5.24. The van der Waals surface area contributed by atoms with E-state index in [1.165, 1.54) is 10.6 Å². The maximum absolute atomic E-state index is 10.4. The minimum atomic E-state index is 0.262. The highest BCUT2D eigenvalue weighted by atomic mass is 16.3. The van der Waals surface area contributed by atoms with E-state index in [2.05, 4.69) is 28.5 Å². The van der Waals surface area contributed by atoms with Gasteiger partial charge in [-0.2, -0.15) is 0 Å². The van der Waals surface area contributed by atoms with Crippen molar-refractivity contribution in [2.24, 2.45) is 5.29 Å². The van der Waals surface area contributed by atoms with Crippen LogP contribution in [0.15, 0.2) is 60.0 Å². The van der Waals surface area contributed by atoms with Gasteiger partial charge in [-0.1, -0.05) is 36.4 Å². The van der Waals surface area contributed by atoms with Crippen LogP contribution in [0.1, 0.15) is 30.0 Å². The van der Waals surface area contributed by atoms with E-state index in [0.29, 0.717) is 6.54 Å². The van der Waals surface area contributed by atoms with Crippen LogP contribution in [0.4, 0.5) is 0 Å². The molecule has 0 bridgehead atoms. The van der Waals surface area contributed by atoms with Crippen LogP contribution in [0, 0.1) is 4.91 Å². The van der Waals surface area contributed by atoms with Crippen molar-refractivity contribution in [3.8, 4) is 0 Å². The molecule has 0 saturated heterocycles. The lowest BCUT2D eigenvalue weighted by Gasteiger charge is -2.18. The van der Waals surface area contributed by atoms with Gasteiger partial charge in [0.05, 0.1) is 5.29 Å². The molecule has 0 aliphatic rings. The summed E-state index contributed by atoms with van der Waals surface area (Å²) < 4.78 is 0. The smallest absolute Gasteiger partial charge is 0.0521 e. The zero-order valence-corrected chi connectivity index (χ0v) is 11.6. The maximum atomic E-state index is 10.4. The normalized spacial score (nSPS) is 11.8. The Bertz CT molecular complexity index is 476. The summed E-state index contributed by atoms with van der Waals surface area (Å²) in [4.78, 5) is 14.9. The van der Waals surface area contributed by atoms with Crippen LogP contribution in [0.5, 0.6) is 0 Å². The minimum absolute atomic E-state index is 0.262. The fourth-order valence-corrected chi connectivity index (χ4v) is 2.32. The third-order valence-corrected chi connectivity index (χ3v) is 3.36. The molecule has 1 unspecified atom stereocenters. The molecule has 0 spiro atoms. The van der Waals surface area contributed by atoms with Gasteiger partial charge in [-0.3, -0.25) is 9.99 Å². The van der Waals surface area contributed by atoms with Crippen molar-refractivity contribution in [3.05, 3.63) is 70.9 Å². The molecule has 4 nitrogen and oxygen atoms in total. The molecule has 4 heteroatoms. The summed E-state index contributed by atoms with van der Waals surface area (Å²) in [5, 5.41) is 4.33. The second kappa shape index (κ2) is 7.38. The molecule has 0 radical (unpaired) electrons. The minimum Gasteiger partial charge on any atom is -0.264 e. The average molecular weight is 269 g/mol. The van der Waals surface area contributed by atoms with Gasteiger partial charge in [0.1, 0.15) is 0 Å². The fraction of sp³-hybridized carbons (Fsp3) is 0.312. The number of hydrogen-bond acceptors (Lipinski definition) is 3. The molecule has 1 aromatic carbocycles. The molecular weight excluding hydrogens is 250 g/mol. The molecule has 104 valence electrons. The summed E-state index contributed by atoms with van der Waals surface area (Å²) in [7, 11) is 1.70. The molecule has 0 aliphatic carbocycles. The first-order valence-corrected chi connectivity index (χ1v) is 6.81. The third-order valence-electron chi connectivity index (χ3n) is 3.36. The van der Waals surface area contributed by atoms with Crippen LogP contribution in [-0.2, 0) is 0 Å². The van der Waals surface area contributed by atoms with Gasteiger partial charge in [0.2, 0.25) is 0 Å². The highest BCUT2D eigenvalue weighted by molar-refractivity contribution is 5.28. The van der Waals surface area contributed by atoms with E-state index in [1.807, 2.05) is 36.5 Å². The topological polar surface area (TPSA) is 45.6 Å². The summed E-state index contributed by atoms with van der Waals surface area (Å²) in [5.41, 5.74) is 2.33. The number of hydrogen-bond donors (Lipinski definition) is 0. The zero-order valence-electron chi connectivity index (χ0n) is 11.6. The van der Waals surface area contributed by atoms with E-state index in [0.717, 1.165) is 18.5 Å². The van der Waals surface area contributed by atoms with Gasteiger partial charge in [0.15, 0.2) is 0 Å². The van der Waals surface area contributed by atoms with Gasteiger partial charge >= 0.3 is 0 Å². The van der Waals surface area contributed by atoms with Crippen molar-refractivity contribution in [1.29, 1.82) is 0 Å². The van der Waals surface area contributed by atoms with Crippen LogP contribution >= 0.6 is 0 Å². The van der Waals surface area contributed by atoms with Gasteiger partial charge in [0.25, 0.3) is 0 Å². The highest BCUT2D eigenvalue weighted by Crippen LogP contribution is 2.27. The van der Waals surface area contributed by atoms with E-state index in [-0.39, 0.29) is 5.92 Å². The molecule has 2 aromatic rings. The maximum Gasteiger partial charge on any atom is 0.0521 e. The van der Waals surface area contributed by atoms with Crippen molar-refractivity contribution in [2.45, 2.75) is 18.8 Å². The molecule has 20 heavy (non-hydrogen) atoms. The van der Waals surface area contributed by atoms with Crippen LogP contribution in [0.25, 0.3) is 0 Å². The van der Waals surface area contributed by atoms with Crippen molar-refractivity contribution >= 4 is 0 Å². The molecule has 0 N–H and O–H groups in total. The Hall–Kier alpha value is -2.23. The molecule has 1 heterocycles. The van der Waals surface area contributed by atoms with Crippen molar-refractivity contribution in [1.82, 2.24) is 9.99 Å². The predicted molar refractivity (Wildman–Crippen MR) is 80.2 cm³/mol. The molecule has 2 rings (SSSR count). The Morgan fingerprint density at radius 2 is 1.90 bits per heavy atom. The molecule has 1 aromatic heterocycles. The number of aromatic nitrogens is 1. The first kappa shape index (κ1) is 14.2. The number of benzene rings is 1. The van der Waals surface area contributed by atoms with E-state index < -0.39 is 0 Å². The van der Waals surface area contributed by atoms with Crippen molar-refractivity contribution in [3.63, 3.8) is 0 Å². The molecule has 0 saturated carbocycles. The van der Waals surface area contributed by atoms with Crippen LogP contribution in [0.3, 0.4) is 0 Å². The third kappa shape index (κ3) is 3.88.